The van der Waals surface area contributed by atoms with Crippen molar-refractivity contribution in [3.8, 4) is 0 Å². The van der Waals surface area contributed by atoms with E-state index in [1.165, 1.54) is 17.7 Å². The quantitative estimate of drug-likeness (QED) is 0.470. The van der Waals surface area contributed by atoms with Crippen LogP contribution < -0.4 is 5.32 Å². The molecule has 0 bridgehead atoms. The number of alkyl carbamates (subject to hydrolysis) is 1. The van der Waals surface area contributed by atoms with Crippen molar-refractivity contribution < 1.29 is 23.4 Å². The number of aliphatic hydroxyl groups is 1. The summed E-state index contributed by atoms with van der Waals surface area (Å²) < 4.78 is 32.7. The van der Waals surface area contributed by atoms with E-state index in [1.807, 2.05) is 24.3 Å². The highest BCUT2D eigenvalue weighted by Gasteiger charge is 2.27. The van der Waals surface area contributed by atoms with Gasteiger partial charge in [-0.05, 0) is 74.9 Å². The molecule has 3 aromatic rings. The number of rotatable bonds is 8. The molecule has 0 saturated heterocycles. The molecule has 0 radical (unpaired) electrons. The van der Waals surface area contributed by atoms with Gasteiger partial charge in [0.25, 0.3) is 0 Å². The zero-order valence-corrected chi connectivity index (χ0v) is 19.6. The second-order valence-electron chi connectivity index (χ2n) is 9.26. The number of nitrogens with zero attached hydrogens (tertiary/aromatic N) is 1. The number of nitrogens with one attached hydrogen (secondary N) is 1. The van der Waals surface area contributed by atoms with Gasteiger partial charge in [-0.3, -0.25) is 4.98 Å². The van der Waals surface area contributed by atoms with Crippen molar-refractivity contribution in [1.29, 1.82) is 0 Å². The van der Waals surface area contributed by atoms with Crippen molar-refractivity contribution in [3.63, 3.8) is 0 Å². The summed E-state index contributed by atoms with van der Waals surface area (Å²) in [6, 6.07) is 15.8. The molecule has 3 rings (SSSR count). The Morgan fingerprint density at radius 1 is 0.971 bits per heavy atom. The molecule has 7 heteroatoms. The molecular formula is C27H30F2N2O3. The van der Waals surface area contributed by atoms with Gasteiger partial charge < -0.3 is 15.2 Å². The fourth-order valence-electron chi connectivity index (χ4n) is 3.58. The average molecular weight is 469 g/mol. The van der Waals surface area contributed by atoms with Crippen molar-refractivity contribution in [3.05, 3.63) is 101 Å². The highest BCUT2D eigenvalue weighted by Crippen LogP contribution is 2.21. The molecule has 1 unspecified atom stereocenters. The molecule has 5 nitrogen and oxygen atoms in total. The molecule has 180 valence electrons. The van der Waals surface area contributed by atoms with Gasteiger partial charge in [-0.15, -0.1) is 0 Å². The lowest BCUT2D eigenvalue weighted by atomic mass is 9.98. The third kappa shape index (κ3) is 7.92. The number of benzene rings is 2. The molecule has 34 heavy (non-hydrogen) atoms. The average Bonchev–Trinajstić information content (AvgIpc) is 2.76. The lowest BCUT2D eigenvalue weighted by Gasteiger charge is -2.26. The van der Waals surface area contributed by atoms with E-state index < -0.39 is 35.5 Å². The second-order valence-corrected chi connectivity index (χ2v) is 9.26. The van der Waals surface area contributed by atoms with Crippen LogP contribution in [0.5, 0.6) is 0 Å². The summed E-state index contributed by atoms with van der Waals surface area (Å²) >= 11 is 0. The molecule has 0 saturated carbocycles. The molecule has 2 N–H and O–H groups in total. The van der Waals surface area contributed by atoms with E-state index in [1.54, 1.807) is 33.0 Å². The van der Waals surface area contributed by atoms with Crippen molar-refractivity contribution >= 4 is 6.09 Å². The molecule has 2 aromatic carbocycles. The van der Waals surface area contributed by atoms with Gasteiger partial charge in [0.05, 0.1) is 11.7 Å². The number of hydrogen-bond donors (Lipinski definition) is 2. The van der Waals surface area contributed by atoms with Gasteiger partial charge in [-0.1, -0.05) is 36.4 Å². The molecule has 0 aliphatic carbocycles. The number of amides is 1. The highest BCUT2D eigenvalue weighted by molar-refractivity contribution is 5.68. The first-order chi connectivity index (χ1) is 16.1. The first-order valence-electron chi connectivity index (χ1n) is 11.2. The standard InChI is InChI=1S/C27H30F2N2O3/c1-27(2,3)34-26(33)31-24(15-20-13-21(28)16-22(29)14-20)25(32)23-12-11-19(17-30-23)10-9-18-7-5-4-6-8-18/h4-8,11-14,16-17,24-25,32H,9-10,15H2,1-3H3,(H,31,33)/t24-,25?/m0/s1. The number of halogens is 2. The van der Waals surface area contributed by atoms with Crippen LogP contribution in [0.4, 0.5) is 13.6 Å². The number of aliphatic hydroxyl groups excluding tert-OH is 1. The van der Waals surface area contributed by atoms with Crippen LogP contribution in [0.1, 0.15) is 49.3 Å². The largest absolute Gasteiger partial charge is 0.444 e. The van der Waals surface area contributed by atoms with E-state index in [4.69, 9.17) is 4.74 Å². The summed E-state index contributed by atoms with van der Waals surface area (Å²) in [7, 11) is 0. The maximum Gasteiger partial charge on any atom is 0.407 e. The highest BCUT2D eigenvalue weighted by atomic mass is 19.1. The van der Waals surface area contributed by atoms with E-state index in [9.17, 15) is 18.7 Å². The number of carbonyl (C=O) groups is 1. The maximum absolute atomic E-state index is 13.7. The number of carbonyl (C=O) groups excluding carboxylic acids is 1. The van der Waals surface area contributed by atoms with Gasteiger partial charge in [-0.25, -0.2) is 13.6 Å². The van der Waals surface area contributed by atoms with E-state index in [2.05, 4.69) is 22.4 Å². The number of ether oxygens (including phenoxy) is 1. The Hall–Kier alpha value is -3.32. The third-order valence-corrected chi connectivity index (χ3v) is 5.16. The third-order valence-electron chi connectivity index (χ3n) is 5.16. The summed E-state index contributed by atoms with van der Waals surface area (Å²) in [6.07, 6.45) is 1.35. The molecule has 1 heterocycles. The summed E-state index contributed by atoms with van der Waals surface area (Å²) in [5.74, 6) is -1.47. The zero-order valence-electron chi connectivity index (χ0n) is 19.6. The first-order valence-corrected chi connectivity index (χ1v) is 11.2. The molecule has 0 aliphatic heterocycles. The van der Waals surface area contributed by atoms with Gasteiger partial charge in [0, 0.05) is 12.3 Å². The summed E-state index contributed by atoms with van der Waals surface area (Å²) in [6.45, 7) is 5.15. The fraction of sp³-hybridized carbons (Fsp3) is 0.333. The lowest BCUT2D eigenvalue weighted by molar-refractivity contribution is 0.0417. The smallest absolute Gasteiger partial charge is 0.407 e. The van der Waals surface area contributed by atoms with Gasteiger partial charge in [0.15, 0.2) is 0 Å². The van der Waals surface area contributed by atoms with Crippen LogP contribution >= 0.6 is 0 Å². The van der Waals surface area contributed by atoms with Crippen LogP contribution in [0.3, 0.4) is 0 Å². The first kappa shape index (κ1) is 25.3. The van der Waals surface area contributed by atoms with E-state index in [-0.39, 0.29) is 12.0 Å². The Balaban J connectivity index is 1.74. The van der Waals surface area contributed by atoms with Gasteiger partial charge >= 0.3 is 6.09 Å². The van der Waals surface area contributed by atoms with Crippen molar-refractivity contribution in [2.45, 2.75) is 57.8 Å². The van der Waals surface area contributed by atoms with E-state index in [0.29, 0.717) is 5.69 Å². The van der Waals surface area contributed by atoms with Gasteiger partial charge in [-0.2, -0.15) is 0 Å². The molecule has 1 amide bonds. The molecule has 0 aliphatic rings. The van der Waals surface area contributed by atoms with Gasteiger partial charge in [0.1, 0.15) is 23.3 Å². The van der Waals surface area contributed by atoms with Crippen LogP contribution in [0.25, 0.3) is 0 Å². The van der Waals surface area contributed by atoms with E-state index in [0.717, 1.165) is 24.5 Å². The predicted octanol–water partition coefficient (Wildman–Crippen LogP) is 5.31. The lowest BCUT2D eigenvalue weighted by Crippen LogP contribution is -2.43. The van der Waals surface area contributed by atoms with Crippen LogP contribution in [-0.2, 0) is 24.0 Å². The predicted molar refractivity (Wildman–Crippen MR) is 126 cm³/mol. The fourth-order valence-corrected chi connectivity index (χ4v) is 3.58. The van der Waals surface area contributed by atoms with Crippen LogP contribution in [0.15, 0.2) is 66.9 Å². The molecule has 0 fully saturated rings. The minimum Gasteiger partial charge on any atom is -0.444 e. The summed E-state index contributed by atoms with van der Waals surface area (Å²) in [4.78, 5) is 16.8. The Labute approximate surface area is 198 Å². The maximum atomic E-state index is 13.7. The van der Waals surface area contributed by atoms with Crippen LogP contribution in [-0.4, -0.2) is 27.8 Å². The monoisotopic (exact) mass is 468 g/mol. The normalized spacial score (nSPS) is 13.2. The zero-order chi connectivity index (χ0) is 24.7. The molecule has 2 atom stereocenters. The van der Waals surface area contributed by atoms with Crippen LogP contribution in [0, 0.1) is 11.6 Å². The van der Waals surface area contributed by atoms with Crippen LogP contribution in [0.2, 0.25) is 0 Å². The second kappa shape index (κ2) is 11.2. The van der Waals surface area contributed by atoms with Crippen molar-refractivity contribution in [1.82, 2.24) is 10.3 Å². The Bertz CT molecular complexity index is 1060. The Morgan fingerprint density at radius 2 is 1.62 bits per heavy atom. The van der Waals surface area contributed by atoms with E-state index >= 15 is 0 Å². The Morgan fingerprint density at radius 3 is 2.21 bits per heavy atom. The summed E-state index contributed by atoms with van der Waals surface area (Å²) in [5, 5.41) is 13.6. The number of aromatic nitrogens is 1. The number of hydrogen-bond acceptors (Lipinski definition) is 4. The molecule has 1 aromatic heterocycles. The van der Waals surface area contributed by atoms with Crippen molar-refractivity contribution in [2.24, 2.45) is 0 Å². The minimum atomic E-state index is -1.22. The Kier molecular flexibility index (Phi) is 8.34. The summed E-state index contributed by atoms with van der Waals surface area (Å²) in [5.41, 5.74) is 2.10. The minimum absolute atomic E-state index is 0.0213. The van der Waals surface area contributed by atoms with Gasteiger partial charge in [0.2, 0.25) is 0 Å². The number of aryl methyl sites for hydroxylation is 2. The molecular weight excluding hydrogens is 438 g/mol. The topological polar surface area (TPSA) is 71.5 Å². The molecule has 0 spiro atoms. The van der Waals surface area contributed by atoms with Crippen molar-refractivity contribution in [2.75, 3.05) is 0 Å². The SMILES string of the molecule is CC(C)(C)OC(=O)N[C@@H](Cc1cc(F)cc(F)c1)C(O)c1ccc(CCc2ccccc2)cn1. The number of pyridine rings is 1.